The van der Waals surface area contributed by atoms with Crippen molar-refractivity contribution in [3.8, 4) is 0 Å². The SMILES string of the molecule is CC[C@@H](C)NC(=O)[C@H](C)N(CCc1ccccc1)C(=O)CN(c1ccc(C)c(C)c1)S(=O)(=O)c1ccccc1. The van der Waals surface area contributed by atoms with Gasteiger partial charge in [-0.3, -0.25) is 13.9 Å². The fraction of sp³-hybridized carbons (Fsp3) is 0.355. The molecule has 2 atom stereocenters. The first-order valence-electron chi connectivity index (χ1n) is 13.3. The number of carbonyl (C=O) groups excluding carboxylic acids is 2. The van der Waals surface area contributed by atoms with Gasteiger partial charge in [0.1, 0.15) is 12.6 Å². The number of sulfonamides is 1. The Morgan fingerprint density at radius 1 is 0.872 bits per heavy atom. The first-order chi connectivity index (χ1) is 18.5. The standard InChI is InChI=1S/C31H39N3O4S/c1-6-25(4)32-31(36)26(5)33(20-19-27-13-9-7-10-14-27)30(35)22-34(28-18-17-23(2)24(3)21-28)39(37,38)29-15-11-8-12-16-29/h7-18,21,25-26H,6,19-20,22H2,1-5H3,(H,32,36)/t25-,26+/m1/s1. The van der Waals surface area contributed by atoms with Gasteiger partial charge in [-0.1, -0.05) is 61.5 Å². The van der Waals surface area contributed by atoms with Crippen LogP contribution in [0.25, 0.3) is 0 Å². The summed E-state index contributed by atoms with van der Waals surface area (Å²) in [5.41, 5.74) is 3.35. The largest absolute Gasteiger partial charge is 0.352 e. The van der Waals surface area contributed by atoms with Crippen LogP contribution in [0.4, 0.5) is 5.69 Å². The molecule has 208 valence electrons. The number of rotatable bonds is 12. The molecule has 0 bridgehead atoms. The molecule has 0 radical (unpaired) electrons. The first-order valence-corrected chi connectivity index (χ1v) is 14.8. The zero-order valence-electron chi connectivity index (χ0n) is 23.4. The average Bonchev–Trinajstić information content (AvgIpc) is 2.94. The molecule has 0 aliphatic rings. The number of nitrogens with one attached hydrogen (secondary N) is 1. The average molecular weight is 550 g/mol. The van der Waals surface area contributed by atoms with Crippen molar-refractivity contribution in [2.75, 3.05) is 17.4 Å². The van der Waals surface area contributed by atoms with Gasteiger partial charge in [0.05, 0.1) is 10.6 Å². The van der Waals surface area contributed by atoms with E-state index in [0.717, 1.165) is 27.4 Å². The fourth-order valence-electron chi connectivity index (χ4n) is 4.16. The molecule has 3 aromatic carbocycles. The van der Waals surface area contributed by atoms with Crippen molar-refractivity contribution in [2.45, 2.75) is 64.4 Å². The van der Waals surface area contributed by atoms with Crippen LogP contribution in [0.2, 0.25) is 0 Å². The lowest BCUT2D eigenvalue weighted by Gasteiger charge is -2.32. The summed E-state index contributed by atoms with van der Waals surface area (Å²) in [4.78, 5) is 28.6. The zero-order chi connectivity index (χ0) is 28.6. The van der Waals surface area contributed by atoms with Crippen LogP contribution in [0, 0.1) is 13.8 Å². The maximum atomic E-state index is 13.9. The Bertz CT molecular complexity index is 1360. The number of hydrogen-bond donors (Lipinski definition) is 1. The van der Waals surface area contributed by atoms with Crippen molar-refractivity contribution in [2.24, 2.45) is 0 Å². The molecular weight excluding hydrogens is 510 g/mol. The molecule has 0 aromatic heterocycles. The molecule has 3 aromatic rings. The Balaban J connectivity index is 1.98. The molecule has 1 N–H and O–H groups in total. The van der Waals surface area contributed by atoms with Crippen LogP contribution in [-0.2, 0) is 26.0 Å². The van der Waals surface area contributed by atoms with Crippen LogP contribution in [0.1, 0.15) is 43.9 Å². The van der Waals surface area contributed by atoms with Crippen LogP contribution in [0.5, 0.6) is 0 Å². The summed E-state index contributed by atoms with van der Waals surface area (Å²) in [6.07, 6.45) is 1.29. The van der Waals surface area contributed by atoms with Crippen molar-refractivity contribution in [1.82, 2.24) is 10.2 Å². The van der Waals surface area contributed by atoms with Crippen molar-refractivity contribution < 1.29 is 18.0 Å². The lowest BCUT2D eigenvalue weighted by atomic mass is 10.1. The van der Waals surface area contributed by atoms with E-state index in [0.29, 0.717) is 12.1 Å². The summed E-state index contributed by atoms with van der Waals surface area (Å²) in [7, 11) is -4.06. The van der Waals surface area contributed by atoms with Gasteiger partial charge < -0.3 is 10.2 Å². The van der Waals surface area contributed by atoms with E-state index in [-0.39, 0.29) is 23.4 Å². The van der Waals surface area contributed by atoms with Crippen LogP contribution in [-0.4, -0.2) is 50.3 Å². The highest BCUT2D eigenvalue weighted by atomic mass is 32.2. The minimum atomic E-state index is -4.06. The molecule has 0 aliphatic heterocycles. The Kier molecular flexibility index (Phi) is 10.3. The molecule has 8 heteroatoms. The summed E-state index contributed by atoms with van der Waals surface area (Å²) >= 11 is 0. The third-order valence-corrected chi connectivity index (χ3v) is 8.83. The molecule has 0 saturated heterocycles. The molecular formula is C31H39N3O4S. The Labute approximate surface area is 232 Å². The van der Waals surface area contributed by atoms with E-state index in [1.807, 2.05) is 64.1 Å². The normalized spacial score (nSPS) is 12.8. The van der Waals surface area contributed by atoms with Gasteiger partial charge in [-0.2, -0.15) is 0 Å². The third kappa shape index (κ3) is 7.69. The van der Waals surface area contributed by atoms with Crippen LogP contribution in [0.15, 0.2) is 83.8 Å². The van der Waals surface area contributed by atoms with E-state index < -0.39 is 28.5 Å². The minimum Gasteiger partial charge on any atom is -0.352 e. The van der Waals surface area contributed by atoms with Gasteiger partial charge in [-0.05, 0) is 81.5 Å². The van der Waals surface area contributed by atoms with Crippen molar-refractivity contribution >= 4 is 27.5 Å². The Morgan fingerprint density at radius 3 is 2.08 bits per heavy atom. The summed E-state index contributed by atoms with van der Waals surface area (Å²) in [5, 5.41) is 2.95. The van der Waals surface area contributed by atoms with Gasteiger partial charge in [0.25, 0.3) is 10.0 Å². The third-order valence-electron chi connectivity index (χ3n) is 7.04. The van der Waals surface area contributed by atoms with E-state index in [4.69, 9.17) is 0 Å². The molecule has 0 heterocycles. The molecule has 2 amide bonds. The van der Waals surface area contributed by atoms with E-state index in [9.17, 15) is 18.0 Å². The van der Waals surface area contributed by atoms with Crippen LogP contribution < -0.4 is 9.62 Å². The maximum absolute atomic E-state index is 13.9. The van der Waals surface area contributed by atoms with Crippen LogP contribution in [0.3, 0.4) is 0 Å². The predicted molar refractivity (Wildman–Crippen MR) is 156 cm³/mol. The molecule has 0 saturated carbocycles. The number of carbonyl (C=O) groups is 2. The molecule has 3 rings (SSSR count). The van der Waals surface area contributed by atoms with E-state index in [2.05, 4.69) is 5.32 Å². The Hall–Kier alpha value is -3.65. The van der Waals surface area contributed by atoms with Crippen molar-refractivity contribution in [1.29, 1.82) is 0 Å². The Morgan fingerprint density at radius 2 is 1.49 bits per heavy atom. The molecule has 7 nitrogen and oxygen atoms in total. The summed E-state index contributed by atoms with van der Waals surface area (Å²) < 4.78 is 28.8. The van der Waals surface area contributed by atoms with Gasteiger partial charge in [-0.25, -0.2) is 8.42 Å². The second-order valence-corrected chi connectivity index (χ2v) is 11.8. The summed E-state index contributed by atoms with van der Waals surface area (Å²) in [5.74, 6) is -0.718. The summed E-state index contributed by atoms with van der Waals surface area (Å²) in [6.45, 7) is 9.26. The lowest BCUT2D eigenvalue weighted by Crippen LogP contribution is -2.53. The molecule has 0 unspecified atom stereocenters. The fourth-order valence-corrected chi connectivity index (χ4v) is 5.59. The molecule has 0 fully saturated rings. The number of amides is 2. The quantitative estimate of drug-likeness (QED) is 0.349. The highest BCUT2D eigenvalue weighted by molar-refractivity contribution is 7.92. The minimum absolute atomic E-state index is 0.0449. The molecule has 0 spiro atoms. The number of aryl methyl sites for hydroxylation is 2. The second kappa shape index (κ2) is 13.4. The van der Waals surface area contributed by atoms with Crippen molar-refractivity contribution in [3.63, 3.8) is 0 Å². The first kappa shape index (κ1) is 29.9. The predicted octanol–water partition coefficient (Wildman–Crippen LogP) is 4.87. The zero-order valence-corrected chi connectivity index (χ0v) is 24.2. The van der Waals surface area contributed by atoms with Gasteiger partial charge in [0.2, 0.25) is 11.8 Å². The highest BCUT2D eigenvalue weighted by Gasteiger charge is 2.32. The molecule has 39 heavy (non-hydrogen) atoms. The smallest absolute Gasteiger partial charge is 0.264 e. The monoisotopic (exact) mass is 549 g/mol. The summed E-state index contributed by atoms with van der Waals surface area (Å²) in [6, 6.07) is 22.3. The maximum Gasteiger partial charge on any atom is 0.264 e. The number of nitrogens with zero attached hydrogens (tertiary/aromatic N) is 2. The van der Waals surface area contributed by atoms with E-state index in [1.54, 1.807) is 37.3 Å². The van der Waals surface area contributed by atoms with Gasteiger partial charge in [0, 0.05) is 12.6 Å². The lowest BCUT2D eigenvalue weighted by molar-refractivity contribution is -0.139. The van der Waals surface area contributed by atoms with Crippen molar-refractivity contribution in [3.05, 3.63) is 95.6 Å². The second-order valence-electron chi connectivity index (χ2n) is 9.91. The van der Waals surface area contributed by atoms with Gasteiger partial charge in [0.15, 0.2) is 0 Å². The molecule has 0 aliphatic carbocycles. The van der Waals surface area contributed by atoms with Crippen LogP contribution >= 0.6 is 0 Å². The topological polar surface area (TPSA) is 86.8 Å². The number of benzene rings is 3. The number of anilines is 1. The van der Waals surface area contributed by atoms with E-state index in [1.165, 1.54) is 17.0 Å². The highest BCUT2D eigenvalue weighted by Crippen LogP contribution is 2.26. The number of hydrogen-bond acceptors (Lipinski definition) is 4. The van der Waals surface area contributed by atoms with Gasteiger partial charge >= 0.3 is 0 Å². The van der Waals surface area contributed by atoms with E-state index >= 15 is 0 Å². The van der Waals surface area contributed by atoms with Gasteiger partial charge in [-0.15, -0.1) is 0 Å².